The monoisotopic (exact) mass is 440 g/mol. The Bertz CT molecular complexity index is 632. The first-order valence-electron chi connectivity index (χ1n) is 5.60. The second-order valence-electron chi connectivity index (χ2n) is 5.17. The Morgan fingerprint density at radius 1 is 1.21 bits per heavy atom. The number of hydrogen-bond donors (Lipinski definition) is 0. The predicted molar refractivity (Wildman–Crippen MR) is 83.0 cm³/mol. The predicted octanol–water partition coefficient (Wildman–Crippen LogP) is 4.95. The molecule has 0 spiro atoms. The van der Waals surface area contributed by atoms with Crippen molar-refractivity contribution >= 4 is 38.5 Å². The fraction of sp³-hybridized carbons (Fsp3) is 0.308. The zero-order valence-corrected chi connectivity index (χ0v) is 14.4. The third-order valence-electron chi connectivity index (χ3n) is 2.63. The minimum absolute atomic E-state index is 0.247. The third kappa shape index (κ3) is 2.84. The number of aromatic nitrogens is 2. The molecule has 102 valence electrons. The van der Waals surface area contributed by atoms with E-state index in [2.05, 4.69) is 43.6 Å². The molecule has 2 nitrogen and oxygen atoms in total. The fourth-order valence-corrected chi connectivity index (χ4v) is 2.93. The van der Waals surface area contributed by atoms with E-state index >= 15 is 0 Å². The highest BCUT2D eigenvalue weighted by Gasteiger charge is 2.23. The molecule has 0 radical (unpaired) electrons. The Morgan fingerprint density at radius 3 is 2.37 bits per heavy atom. The molecule has 0 aliphatic heterocycles. The number of benzene rings is 1. The van der Waals surface area contributed by atoms with Crippen molar-refractivity contribution in [3.63, 3.8) is 0 Å². The minimum Gasteiger partial charge on any atom is -0.258 e. The van der Waals surface area contributed by atoms with Crippen LogP contribution in [-0.2, 0) is 5.54 Å². The number of nitrogens with zero attached hydrogens (tertiary/aromatic N) is 2. The van der Waals surface area contributed by atoms with E-state index < -0.39 is 11.6 Å². The average Bonchev–Trinajstić information content (AvgIpc) is 2.65. The van der Waals surface area contributed by atoms with E-state index in [0.29, 0.717) is 10.0 Å². The van der Waals surface area contributed by atoms with Gasteiger partial charge in [-0.25, -0.2) is 8.78 Å². The molecule has 19 heavy (non-hydrogen) atoms. The topological polar surface area (TPSA) is 17.8 Å². The number of rotatable bonds is 1. The van der Waals surface area contributed by atoms with Gasteiger partial charge in [-0.2, -0.15) is 5.10 Å². The van der Waals surface area contributed by atoms with Crippen LogP contribution in [0, 0.1) is 15.2 Å². The highest BCUT2D eigenvalue weighted by Crippen LogP contribution is 2.35. The van der Waals surface area contributed by atoms with Gasteiger partial charge in [-0.05, 0) is 71.4 Å². The van der Waals surface area contributed by atoms with Gasteiger partial charge < -0.3 is 0 Å². The summed E-state index contributed by atoms with van der Waals surface area (Å²) in [6.07, 6.45) is 1.72. The van der Waals surface area contributed by atoms with Gasteiger partial charge in [0.1, 0.15) is 0 Å². The van der Waals surface area contributed by atoms with Crippen LogP contribution in [0.5, 0.6) is 0 Å². The van der Waals surface area contributed by atoms with Crippen LogP contribution < -0.4 is 0 Å². The number of hydrogen-bond acceptors (Lipinski definition) is 1. The first kappa shape index (κ1) is 14.9. The van der Waals surface area contributed by atoms with Gasteiger partial charge in [-0.15, -0.1) is 0 Å². The Labute approximate surface area is 132 Å². The smallest absolute Gasteiger partial charge is 0.159 e. The number of halogens is 4. The summed E-state index contributed by atoms with van der Waals surface area (Å²) in [4.78, 5) is 0. The van der Waals surface area contributed by atoms with Crippen LogP contribution in [0.2, 0.25) is 0 Å². The van der Waals surface area contributed by atoms with Gasteiger partial charge in [0.2, 0.25) is 0 Å². The average molecular weight is 441 g/mol. The fourth-order valence-electron chi connectivity index (χ4n) is 1.78. The van der Waals surface area contributed by atoms with E-state index in [1.54, 1.807) is 6.20 Å². The molecular formula is C13H12BrF2IN2. The molecule has 0 fully saturated rings. The first-order valence-corrected chi connectivity index (χ1v) is 7.48. The normalized spacial score (nSPS) is 11.9. The second kappa shape index (κ2) is 5.12. The van der Waals surface area contributed by atoms with Gasteiger partial charge in [-0.3, -0.25) is 4.68 Å². The molecule has 2 aromatic rings. The van der Waals surface area contributed by atoms with Gasteiger partial charge in [0.15, 0.2) is 11.6 Å². The zero-order valence-electron chi connectivity index (χ0n) is 10.6. The van der Waals surface area contributed by atoms with E-state index in [1.807, 2.05) is 25.5 Å². The lowest BCUT2D eigenvalue weighted by molar-refractivity contribution is 0.360. The Morgan fingerprint density at radius 2 is 1.79 bits per heavy atom. The van der Waals surface area contributed by atoms with Crippen molar-refractivity contribution in [1.82, 2.24) is 9.78 Å². The Hall–Kier alpha value is -0.500. The molecule has 6 heteroatoms. The van der Waals surface area contributed by atoms with Crippen molar-refractivity contribution in [3.8, 4) is 11.3 Å². The molecule has 0 saturated heterocycles. The maximum Gasteiger partial charge on any atom is 0.159 e. The quantitative estimate of drug-likeness (QED) is 0.453. The highest BCUT2D eigenvalue weighted by molar-refractivity contribution is 14.1. The molecule has 0 aliphatic carbocycles. The van der Waals surface area contributed by atoms with Crippen molar-refractivity contribution in [2.45, 2.75) is 26.3 Å². The van der Waals surface area contributed by atoms with Crippen LogP contribution in [0.3, 0.4) is 0 Å². The molecule has 0 saturated carbocycles. The van der Waals surface area contributed by atoms with Crippen molar-refractivity contribution < 1.29 is 8.78 Å². The van der Waals surface area contributed by atoms with Crippen LogP contribution in [0.1, 0.15) is 20.8 Å². The summed E-state index contributed by atoms with van der Waals surface area (Å²) in [7, 11) is 0. The molecule has 1 aromatic heterocycles. The summed E-state index contributed by atoms with van der Waals surface area (Å²) < 4.78 is 29.9. The van der Waals surface area contributed by atoms with Crippen LogP contribution in [-0.4, -0.2) is 9.78 Å². The van der Waals surface area contributed by atoms with Crippen molar-refractivity contribution in [3.05, 3.63) is 38.0 Å². The Kier molecular flexibility index (Phi) is 4.02. The first-order chi connectivity index (χ1) is 8.71. The van der Waals surface area contributed by atoms with Crippen molar-refractivity contribution in [1.29, 1.82) is 0 Å². The zero-order chi connectivity index (χ0) is 14.4. The van der Waals surface area contributed by atoms with Crippen LogP contribution in [0.25, 0.3) is 11.3 Å². The van der Waals surface area contributed by atoms with Crippen molar-refractivity contribution in [2.75, 3.05) is 0 Å². The molecule has 0 atom stereocenters. The van der Waals surface area contributed by atoms with Gasteiger partial charge in [0, 0.05) is 10.0 Å². The summed E-state index contributed by atoms with van der Waals surface area (Å²) in [5.74, 6) is -1.73. The van der Waals surface area contributed by atoms with Gasteiger partial charge in [-0.1, -0.05) is 0 Å². The molecular weight excluding hydrogens is 429 g/mol. The summed E-state index contributed by atoms with van der Waals surface area (Å²) in [6, 6.07) is 2.33. The SMILES string of the molecule is CC(C)(C)n1ncc(I)c1-c1cc(F)c(F)cc1Br. The van der Waals surface area contributed by atoms with Crippen LogP contribution >= 0.6 is 38.5 Å². The molecule has 0 aliphatic rings. The summed E-state index contributed by atoms with van der Waals surface area (Å²) in [6.45, 7) is 6.02. The van der Waals surface area contributed by atoms with Crippen LogP contribution in [0.4, 0.5) is 8.78 Å². The lowest BCUT2D eigenvalue weighted by atomic mass is 10.1. The second-order valence-corrected chi connectivity index (χ2v) is 7.19. The lowest BCUT2D eigenvalue weighted by Gasteiger charge is -2.23. The maximum absolute atomic E-state index is 13.5. The van der Waals surface area contributed by atoms with Gasteiger partial charge in [0.05, 0.1) is 21.0 Å². The molecule has 0 amide bonds. The largest absolute Gasteiger partial charge is 0.258 e. The standard InChI is InChI=1S/C13H12BrF2IN2/c1-13(2,3)19-12(11(17)6-18-19)7-4-9(15)10(16)5-8(7)14/h4-6H,1-3H3. The minimum atomic E-state index is -0.868. The summed E-state index contributed by atoms with van der Waals surface area (Å²) in [5, 5.41) is 4.33. The molecule has 1 heterocycles. The van der Waals surface area contributed by atoms with E-state index in [-0.39, 0.29) is 5.54 Å². The molecule has 2 rings (SSSR count). The third-order valence-corrected chi connectivity index (χ3v) is 4.07. The molecule has 0 bridgehead atoms. The van der Waals surface area contributed by atoms with E-state index in [0.717, 1.165) is 15.3 Å². The Balaban J connectivity index is 2.73. The lowest BCUT2D eigenvalue weighted by Crippen LogP contribution is -2.24. The summed E-state index contributed by atoms with van der Waals surface area (Å²) in [5.41, 5.74) is 1.12. The molecule has 1 aromatic carbocycles. The van der Waals surface area contributed by atoms with Crippen molar-refractivity contribution in [2.24, 2.45) is 0 Å². The molecule has 0 unspecified atom stereocenters. The highest BCUT2D eigenvalue weighted by atomic mass is 127. The van der Waals surface area contributed by atoms with Crippen LogP contribution in [0.15, 0.2) is 22.8 Å². The van der Waals surface area contributed by atoms with E-state index in [9.17, 15) is 8.78 Å². The van der Waals surface area contributed by atoms with Gasteiger partial charge in [0.25, 0.3) is 0 Å². The van der Waals surface area contributed by atoms with E-state index in [4.69, 9.17) is 0 Å². The van der Waals surface area contributed by atoms with E-state index in [1.165, 1.54) is 6.07 Å². The maximum atomic E-state index is 13.5. The summed E-state index contributed by atoms with van der Waals surface area (Å²) >= 11 is 5.43. The molecule has 0 N–H and O–H groups in total. The van der Waals surface area contributed by atoms with Gasteiger partial charge >= 0.3 is 0 Å².